The van der Waals surface area contributed by atoms with Gasteiger partial charge in [0, 0.05) is 10.2 Å². The number of carbonyl (C=O) groups is 2. The van der Waals surface area contributed by atoms with Gasteiger partial charge in [-0.25, -0.2) is 0 Å². The summed E-state index contributed by atoms with van der Waals surface area (Å²) in [7, 11) is 0. The third-order valence-corrected chi connectivity index (χ3v) is 4.38. The van der Waals surface area contributed by atoms with Gasteiger partial charge < -0.3 is 10.4 Å². The Hall–Kier alpha value is -1.01. The van der Waals surface area contributed by atoms with Crippen LogP contribution in [0.15, 0.2) is 22.7 Å². The number of thioether (sulfide) groups is 1. The van der Waals surface area contributed by atoms with Crippen LogP contribution in [-0.2, 0) is 9.59 Å². The van der Waals surface area contributed by atoms with E-state index in [1.54, 1.807) is 6.92 Å². The maximum Gasteiger partial charge on any atom is 0.316 e. The summed E-state index contributed by atoms with van der Waals surface area (Å²) >= 11 is 4.50. The van der Waals surface area contributed by atoms with Crippen molar-refractivity contribution in [2.24, 2.45) is 0 Å². The maximum atomic E-state index is 11.8. The molecular formula is C13H16BrNO3S. The highest BCUT2D eigenvalue weighted by atomic mass is 79.9. The van der Waals surface area contributed by atoms with Crippen molar-refractivity contribution in [3.63, 3.8) is 0 Å². The zero-order chi connectivity index (χ0) is 14.4. The molecule has 0 fully saturated rings. The van der Waals surface area contributed by atoms with Crippen LogP contribution in [-0.4, -0.2) is 28.0 Å². The topological polar surface area (TPSA) is 66.4 Å². The summed E-state index contributed by atoms with van der Waals surface area (Å²) in [6, 6.07) is 5.58. The number of aliphatic carboxylic acids is 1. The van der Waals surface area contributed by atoms with Crippen LogP contribution in [0.2, 0.25) is 0 Å². The summed E-state index contributed by atoms with van der Waals surface area (Å²) < 4.78 is 0.953. The van der Waals surface area contributed by atoms with Crippen LogP contribution >= 0.6 is 27.7 Å². The van der Waals surface area contributed by atoms with E-state index in [0.717, 1.165) is 27.5 Å². The van der Waals surface area contributed by atoms with E-state index in [1.165, 1.54) is 0 Å². The highest BCUT2D eigenvalue weighted by Gasteiger charge is 2.17. The number of carboxylic acid groups (broad SMARTS) is 1. The number of benzene rings is 1. The lowest BCUT2D eigenvalue weighted by molar-refractivity contribution is -0.136. The standard InChI is InChI=1S/C13H16BrNO3S/c1-3-11(13(17)18)19-7-12(16)15-10-5-4-9(14)6-8(10)2/h4-6,11H,3,7H2,1-2H3,(H,15,16)(H,17,18). The van der Waals surface area contributed by atoms with Gasteiger partial charge in [0.15, 0.2) is 0 Å². The normalized spacial score (nSPS) is 11.9. The third-order valence-electron chi connectivity index (χ3n) is 2.52. The molecule has 1 aromatic carbocycles. The Morgan fingerprint density at radius 1 is 1.47 bits per heavy atom. The van der Waals surface area contributed by atoms with Crippen LogP contribution in [0.3, 0.4) is 0 Å². The molecule has 1 atom stereocenters. The number of aryl methyl sites for hydroxylation is 1. The number of carbonyl (C=O) groups excluding carboxylic acids is 1. The second-order valence-electron chi connectivity index (χ2n) is 4.05. The molecule has 0 aliphatic rings. The fraction of sp³-hybridized carbons (Fsp3) is 0.385. The first-order valence-corrected chi connectivity index (χ1v) is 7.68. The number of amides is 1. The van der Waals surface area contributed by atoms with Gasteiger partial charge in [0.2, 0.25) is 5.91 Å². The molecule has 0 aromatic heterocycles. The Labute approximate surface area is 125 Å². The van der Waals surface area contributed by atoms with E-state index in [2.05, 4.69) is 21.2 Å². The molecule has 1 rings (SSSR count). The number of anilines is 1. The molecule has 1 unspecified atom stereocenters. The number of nitrogens with one attached hydrogen (secondary N) is 1. The van der Waals surface area contributed by atoms with Crippen molar-refractivity contribution < 1.29 is 14.7 Å². The zero-order valence-corrected chi connectivity index (χ0v) is 13.2. The lowest BCUT2D eigenvalue weighted by Crippen LogP contribution is -2.21. The van der Waals surface area contributed by atoms with Gasteiger partial charge in [-0.1, -0.05) is 22.9 Å². The van der Waals surface area contributed by atoms with E-state index in [9.17, 15) is 9.59 Å². The van der Waals surface area contributed by atoms with Crippen molar-refractivity contribution in [1.82, 2.24) is 0 Å². The monoisotopic (exact) mass is 345 g/mol. The second kappa shape index (κ2) is 7.55. The molecule has 0 spiro atoms. The van der Waals surface area contributed by atoms with Crippen LogP contribution in [0.1, 0.15) is 18.9 Å². The minimum Gasteiger partial charge on any atom is -0.480 e. The summed E-state index contributed by atoms with van der Waals surface area (Å²) in [5.74, 6) is -0.921. The van der Waals surface area contributed by atoms with Gasteiger partial charge in [0.1, 0.15) is 5.25 Å². The van der Waals surface area contributed by atoms with Crippen molar-refractivity contribution in [1.29, 1.82) is 0 Å². The summed E-state index contributed by atoms with van der Waals surface area (Å²) in [5, 5.41) is 11.1. The number of carboxylic acids is 1. The SMILES string of the molecule is CCC(SCC(=O)Nc1ccc(Br)cc1C)C(=O)O. The molecule has 2 N–H and O–H groups in total. The van der Waals surface area contributed by atoms with E-state index in [-0.39, 0.29) is 11.7 Å². The van der Waals surface area contributed by atoms with E-state index in [4.69, 9.17) is 5.11 Å². The van der Waals surface area contributed by atoms with Crippen molar-refractivity contribution in [3.05, 3.63) is 28.2 Å². The molecule has 0 saturated carbocycles. The van der Waals surface area contributed by atoms with E-state index in [1.807, 2.05) is 25.1 Å². The average Bonchev–Trinajstić information content (AvgIpc) is 2.33. The van der Waals surface area contributed by atoms with Gasteiger partial charge in [-0.2, -0.15) is 0 Å². The van der Waals surface area contributed by atoms with Gasteiger partial charge in [0.25, 0.3) is 0 Å². The summed E-state index contributed by atoms with van der Waals surface area (Å²) in [5.41, 5.74) is 1.70. The minimum absolute atomic E-state index is 0.139. The van der Waals surface area contributed by atoms with Gasteiger partial charge in [-0.3, -0.25) is 9.59 Å². The van der Waals surface area contributed by atoms with Crippen LogP contribution in [0.5, 0.6) is 0 Å². The van der Waals surface area contributed by atoms with Crippen LogP contribution in [0, 0.1) is 6.92 Å². The van der Waals surface area contributed by atoms with Crippen molar-refractivity contribution in [2.45, 2.75) is 25.5 Å². The van der Waals surface area contributed by atoms with Crippen LogP contribution in [0.25, 0.3) is 0 Å². The number of halogens is 1. The van der Waals surface area contributed by atoms with Crippen molar-refractivity contribution >= 4 is 45.3 Å². The molecule has 1 aromatic rings. The maximum absolute atomic E-state index is 11.8. The van der Waals surface area contributed by atoms with Gasteiger partial charge in [-0.05, 0) is 37.1 Å². The fourth-order valence-corrected chi connectivity index (χ4v) is 2.77. The highest BCUT2D eigenvalue weighted by Crippen LogP contribution is 2.21. The molecule has 104 valence electrons. The predicted octanol–water partition coefficient (Wildman–Crippen LogP) is 3.29. The second-order valence-corrected chi connectivity index (χ2v) is 6.16. The molecule has 1 amide bonds. The predicted molar refractivity (Wildman–Crippen MR) is 81.7 cm³/mol. The summed E-state index contributed by atoms with van der Waals surface area (Å²) in [4.78, 5) is 22.6. The Bertz CT molecular complexity index is 479. The lowest BCUT2D eigenvalue weighted by atomic mass is 10.2. The Morgan fingerprint density at radius 2 is 2.16 bits per heavy atom. The minimum atomic E-state index is -0.875. The van der Waals surface area contributed by atoms with E-state index >= 15 is 0 Å². The summed E-state index contributed by atoms with van der Waals surface area (Å²) in [6.45, 7) is 3.70. The van der Waals surface area contributed by atoms with Gasteiger partial charge in [-0.15, -0.1) is 11.8 Å². The largest absolute Gasteiger partial charge is 0.480 e. The molecule has 0 bridgehead atoms. The molecule has 19 heavy (non-hydrogen) atoms. The van der Waals surface area contributed by atoms with Crippen molar-refractivity contribution in [3.8, 4) is 0 Å². The number of hydrogen-bond acceptors (Lipinski definition) is 3. The molecule has 6 heteroatoms. The smallest absolute Gasteiger partial charge is 0.316 e. The third kappa shape index (κ3) is 5.24. The Kier molecular flexibility index (Phi) is 6.37. The molecule has 4 nitrogen and oxygen atoms in total. The molecule has 0 heterocycles. The molecule has 0 radical (unpaired) electrons. The number of hydrogen-bond donors (Lipinski definition) is 2. The quantitative estimate of drug-likeness (QED) is 0.830. The first kappa shape index (κ1) is 16.0. The van der Waals surface area contributed by atoms with E-state index < -0.39 is 11.2 Å². The van der Waals surface area contributed by atoms with Crippen LogP contribution in [0.4, 0.5) is 5.69 Å². The first-order chi connectivity index (χ1) is 8.93. The van der Waals surface area contributed by atoms with E-state index in [0.29, 0.717) is 6.42 Å². The molecule has 0 aliphatic heterocycles. The van der Waals surface area contributed by atoms with Crippen LogP contribution < -0.4 is 5.32 Å². The Balaban J connectivity index is 2.53. The first-order valence-electron chi connectivity index (χ1n) is 5.84. The fourth-order valence-electron chi connectivity index (χ4n) is 1.49. The molecular weight excluding hydrogens is 330 g/mol. The average molecular weight is 346 g/mol. The Morgan fingerprint density at radius 3 is 2.68 bits per heavy atom. The van der Waals surface area contributed by atoms with Gasteiger partial charge >= 0.3 is 5.97 Å². The lowest BCUT2D eigenvalue weighted by Gasteiger charge is -2.11. The van der Waals surface area contributed by atoms with Crippen molar-refractivity contribution in [2.75, 3.05) is 11.1 Å². The molecule has 0 saturated heterocycles. The zero-order valence-electron chi connectivity index (χ0n) is 10.8. The highest BCUT2D eigenvalue weighted by molar-refractivity contribution is 9.10. The molecule has 0 aliphatic carbocycles. The number of rotatable bonds is 6. The summed E-state index contributed by atoms with van der Waals surface area (Å²) in [6.07, 6.45) is 0.505. The van der Waals surface area contributed by atoms with Gasteiger partial charge in [0.05, 0.1) is 5.75 Å².